The van der Waals surface area contributed by atoms with Gasteiger partial charge in [0.2, 0.25) is 0 Å². The van der Waals surface area contributed by atoms with Crippen molar-refractivity contribution in [2.75, 3.05) is 6.61 Å². The maximum Gasteiger partial charge on any atom is 0.416 e. The molecular formula is C15H17F3O3. The molecule has 1 saturated heterocycles. The summed E-state index contributed by atoms with van der Waals surface area (Å²) in [4.78, 5) is 11.5. The second-order valence-corrected chi connectivity index (χ2v) is 5.63. The zero-order chi connectivity index (χ0) is 15.8. The Bertz CT molecular complexity index is 508. The molecule has 1 aliphatic rings. The molecule has 0 radical (unpaired) electrons. The van der Waals surface area contributed by atoms with E-state index in [0.29, 0.717) is 5.56 Å². The first-order valence-electron chi connectivity index (χ1n) is 6.73. The minimum Gasteiger partial charge on any atom is -0.481 e. The van der Waals surface area contributed by atoms with Gasteiger partial charge in [-0.3, -0.25) is 4.79 Å². The van der Waals surface area contributed by atoms with Crippen LogP contribution in [-0.2, 0) is 15.7 Å². The molecule has 0 spiro atoms. The van der Waals surface area contributed by atoms with Crippen LogP contribution in [0.3, 0.4) is 0 Å². The number of halogens is 3. The van der Waals surface area contributed by atoms with Gasteiger partial charge in [0, 0.05) is 5.92 Å². The zero-order valence-corrected chi connectivity index (χ0v) is 11.7. The average Bonchev–Trinajstić information content (AvgIpc) is 2.82. The standard InChI is InChI=1S/C15H17F3O3/c1-8(2)13-12(14(19)20)11(7-21-13)9-3-5-10(6-4-9)15(16,17)18/h3-6,8,11-13H,7H2,1-2H3,(H,19,20). The Hall–Kier alpha value is -1.56. The smallest absolute Gasteiger partial charge is 0.416 e. The van der Waals surface area contributed by atoms with E-state index >= 15 is 0 Å². The van der Waals surface area contributed by atoms with Crippen LogP contribution in [0.1, 0.15) is 30.9 Å². The molecule has 116 valence electrons. The van der Waals surface area contributed by atoms with Crippen LogP contribution in [0, 0.1) is 11.8 Å². The summed E-state index contributed by atoms with van der Waals surface area (Å²) in [7, 11) is 0. The molecule has 1 heterocycles. The molecule has 0 bridgehead atoms. The fourth-order valence-corrected chi connectivity index (χ4v) is 2.79. The third-order valence-electron chi connectivity index (χ3n) is 3.86. The van der Waals surface area contributed by atoms with Gasteiger partial charge in [-0.15, -0.1) is 0 Å². The third-order valence-corrected chi connectivity index (χ3v) is 3.86. The van der Waals surface area contributed by atoms with Gasteiger partial charge in [0.05, 0.1) is 24.2 Å². The Morgan fingerprint density at radius 2 is 1.86 bits per heavy atom. The topological polar surface area (TPSA) is 46.5 Å². The number of carboxylic acids is 1. The predicted octanol–water partition coefficient (Wildman–Crippen LogP) is 3.54. The lowest BCUT2D eigenvalue weighted by molar-refractivity contribution is -0.145. The Kier molecular flexibility index (Phi) is 4.27. The molecule has 1 aliphatic heterocycles. The fraction of sp³-hybridized carbons (Fsp3) is 0.533. The molecule has 6 heteroatoms. The molecule has 1 aromatic rings. The first-order valence-corrected chi connectivity index (χ1v) is 6.73. The van der Waals surface area contributed by atoms with E-state index < -0.39 is 35.6 Å². The van der Waals surface area contributed by atoms with E-state index in [-0.39, 0.29) is 12.5 Å². The monoisotopic (exact) mass is 302 g/mol. The van der Waals surface area contributed by atoms with Crippen LogP contribution in [0.4, 0.5) is 13.2 Å². The number of hydrogen-bond donors (Lipinski definition) is 1. The number of carbonyl (C=O) groups is 1. The normalized spacial score (nSPS) is 26.3. The summed E-state index contributed by atoms with van der Waals surface area (Å²) in [5.74, 6) is -2.10. The fourth-order valence-electron chi connectivity index (χ4n) is 2.79. The molecule has 3 atom stereocenters. The lowest BCUT2D eigenvalue weighted by atomic mass is 9.82. The van der Waals surface area contributed by atoms with Crippen molar-refractivity contribution in [2.45, 2.75) is 32.0 Å². The Labute approximate surface area is 120 Å². The molecular weight excluding hydrogens is 285 g/mol. The zero-order valence-electron chi connectivity index (χ0n) is 11.7. The summed E-state index contributed by atoms with van der Waals surface area (Å²) in [5.41, 5.74) is -0.170. The highest BCUT2D eigenvalue weighted by molar-refractivity contribution is 5.72. The molecule has 2 rings (SSSR count). The van der Waals surface area contributed by atoms with Crippen LogP contribution >= 0.6 is 0 Å². The number of aliphatic carboxylic acids is 1. The quantitative estimate of drug-likeness (QED) is 0.929. The third kappa shape index (κ3) is 3.20. The largest absolute Gasteiger partial charge is 0.481 e. The van der Waals surface area contributed by atoms with Gasteiger partial charge in [0.15, 0.2) is 0 Å². The van der Waals surface area contributed by atoms with Gasteiger partial charge in [-0.2, -0.15) is 13.2 Å². The maximum absolute atomic E-state index is 12.6. The summed E-state index contributed by atoms with van der Waals surface area (Å²) in [6.45, 7) is 3.96. The molecule has 1 fully saturated rings. The molecule has 0 amide bonds. The summed E-state index contributed by atoms with van der Waals surface area (Å²) in [6.07, 6.45) is -4.81. The number of benzene rings is 1. The molecule has 0 saturated carbocycles. The van der Waals surface area contributed by atoms with Crippen molar-refractivity contribution < 1.29 is 27.8 Å². The molecule has 3 unspecified atom stereocenters. The molecule has 0 aromatic heterocycles. The molecule has 1 aromatic carbocycles. The second kappa shape index (κ2) is 5.67. The molecule has 0 aliphatic carbocycles. The van der Waals surface area contributed by atoms with Crippen molar-refractivity contribution in [1.29, 1.82) is 0 Å². The number of ether oxygens (including phenoxy) is 1. The van der Waals surface area contributed by atoms with Crippen LogP contribution < -0.4 is 0 Å². The first-order chi connectivity index (χ1) is 9.71. The van der Waals surface area contributed by atoms with Gasteiger partial charge in [-0.05, 0) is 23.6 Å². The lowest BCUT2D eigenvalue weighted by Crippen LogP contribution is -2.31. The molecule has 3 nitrogen and oxygen atoms in total. The van der Waals surface area contributed by atoms with Crippen molar-refractivity contribution in [3.63, 3.8) is 0 Å². The van der Waals surface area contributed by atoms with E-state index in [4.69, 9.17) is 4.74 Å². The van der Waals surface area contributed by atoms with Gasteiger partial charge >= 0.3 is 12.1 Å². The van der Waals surface area contributed by atoms with Crippen molar-refractivity contribution in [1.82, 2.24) is 0 Å². The molecule has 1 N–H and O–H groups in total. The highest BCUT2D eigenvalue weighted by atomic mass is 19.4. The van der Waals surface area contributed by atoms with E-state index in [0.717, 1.165) is 12.1 Å². The van der Waals surface area contributed by atoms with Gasteiger partial charge in [-0.25, -0.2) is 0 Å². The Morgan fingerprint density at radius 1 is 1.29 bits per heavy atom. The van der Waals surface area contributed by atoms with Crippen LogP contribution in [0.15, 0.2) is 24.3 Å². The number of rotatable bonds is 3. The number of alkyl halides is 3. The van der Waals surface area contributed by atoms with Gasteiger partial charge in [0.25, 0.3) is 0 Å². The Balaban J connectivity index is 2.27. The van der Waals surface area contributed by atoms with Crippen LogP contribution in [0.5, 0.6) is 0 Å². The number of hydrogen-bond acceptors (Lipinski definition) is 2. The minimum atomic E-state index is -4.39. The van der Waals surface area contributed by atoms with Crippen LogP contribution in [-0.4, -0.2) is 23.8 Å². The lowest BCUT2D eigenvalue weighted by Gasteiger charge is -2.22. The van der Waals surface area contributed by atoms with Gasteiger partial charge in [0.1, 0.15) is 0 Å². The summed E-state index contributed by atoms with van der Waals surface area (Å²) in [5, 5.41) is 9.39. The van der Waals surface area contributed by atoms with Gasteiger partial charge < -0.3 is 9.84 Å². The Morgan fingerprint density at radius 3 is 2.29 bits per heavy atom. The minimum absolute atomic E-state index is 0.0329. The van der Waals surface area contributed by atoms with E-state index in [9.17, 15) is 23.1 Å². The van der Waals surface area contributed by atoms with Crippen molar-refractivity contribution in [2.24, 2.45) is 11.8 Å². The summed E-state index contributed by atoms with van der Waals surface area (Å²) in [6, 6.07) is 4.65. The van der Waals surface area contributed by atoms with E-state index in [1.54, 1.807) is 0 Å². The maximum atomic E-state index is 12.6. The van der Waals surface area contributed by atoms with E-state index in [2.05, 4.69) is 0 Å². The number of carboxylic acid groups (broad SMARTS) is 1. The van der Waals surface area contributed by atoms with E-state index in [1.807, 2.05) is 13.8 Å². The van der Waals surface area contributed by atoms with Crippen molar-refractivity contribution in [3.8, 4) is 0 Å². The van der Waals surface area contributed by atoms with Crippen molar-refractivity contribution in [3.05, 3.63) is 35.4 Å². The van der Waals surface area contributed by atoms with Crippen molar-refractivity contribution >= 4 is 5.97 Å². The van der Waals surface area contributed by atoms with Crippen LogP contribution in [0.2, 0.25) is 0 Å². The first kappa shape index (κ1) is 15.8. The summed E-state index contributed by atoms with van der Waals surface area (Å²) < 4.78 is 43.2. The predicted molar refractivity (Wildman–Crippen MR) is 69.9 cm³/mol. The van der Waals surface area contributed by atoms with Crippen LogP contribution in [0.25, 0.3) is 0 Å². The summed E-state index contributed by atoms with van der Waals surface area (Å²) >= 11 is 0. The average molecular weight is 302 g/mol. The highest BCUT2D eigenvalue weighted by Crippen LogP contribution is 2.39. The SMILES string of the molecule is CC(C)C1OCC(c2ccc(C(F)(F)F)cc2)C1C(=O)O. The molecule has 21 heavy (non-hydrogen) atoms. The highest BCUT2D eigenvalue weighted by Gasteiger charge is 2.44. The van der Waals surface area contributed by atoms with E-state index in [1.165, 1.54) is 12.1 Å². The second-order valence-electron chi connectivity index (χ2n) is 5.63. The van der Waals surface area contributed by atoms with Gasteiger partial charge in [-0.1, -0.05) is 26.0 Å².